The second-order valence-electron chi connectivity index (χ2n) is 4.67. The number of sulfonamides is 1. The van der Waals surface area contributed by atoms with Crippen molar-refractivity contribution in [2.24, 2.45) is 0 Å². The van der Waals surface area contributed by atoms with E-state index in [1.54, 1.807) is 18.2 Å². The number of anilines is 1. The Balaban J connectivity index is 2.04. The third kappa shape index (κ3) is 3.16. The fourth-order valence-electron chi connectivity index (χ4n) is 2.05. The van der Waals surface area contributed by atoms with Crippen molar-refractivity contribution in [3.05, 3.63) is 39.8 Å². The molecule has 0 bridgehead atoms. The second kappa shape index (κ2) is 6.40. The van der Waals surface area contributed by atoms with Crippen molar-refractivity contribution < 1.29 is 18.3 Å². The van der Waals surface area contributed by atoms with E-state index in [0.717, 1.165) is 11.3 Å². The van der Waals surface area contributed by atoms with Gasteiger partial charge in [-0.2, -0.15) is 0 Å². The predicted octanol–water partition coefficient (Wildman–Crippen LogP) is 4.23. The first-order valence-corrected chi connectivity index (χ1v) is 9.93. The van der Waals surface area contributed by atoms with Gasteiger partial charge in [-0.05, 0) is 24.3 Å². The van der Waals surface area contributed by atoms with Crippen LogP contribution in [0.25, 0.3) is 10.2 Å². The van der Waals surface area contributed by atoms with Gasteiger partial charge >= 0.3 is 0 Å². The zero-order valence-corrected chi connectivity index (χ0v) is 16.1. The normalized spacial score (nSPS) is 11.6. The van der Waals surface area contributed by atoms with Crippen LogP contribution < -0.4 is 9.46 Å². The topological polar surface area (TPSA) is 88.5 Å². The van der Waals surface area contributed by atoms with Crippen molar-refractivity contribution in [1.29, 1.82) is 0 Å². The highest BCUT2D eigenvalue weighted by Crippen LogP contribution is 2.37. The molecule has 3 rings (SSSR count). The van der Waals surface area contributed by atoms with E-state index in [1.165, 1.54) is 19.2 Å². The van der Waals surface area contributed by atoms with Crippen LogP contribution in [0.5, 0.6) is 11.5 Å². The van der Waals surface area contributed by atoms with Crippen molar-refractivity contribution in [2.45, 2.75) is 4.90 Å². The van der Waals surface area contributed by atoms with Gasteiger partial charge in [0.15, 0.2) is 10.9 Å². The number of fused-ring (bicyclic) bond motifs is 1. The van der Waals surface area contributed by atoms with Gasteiger partial charge in [-0.15, -0.1) is 0 Å². The molecule has 126 valence electrons. The number of ether oxygens (including phenoxy) is 1. The summed E-state index contributed by atoms with van der Waals surface area (Å²) in [7, 11) is -2.54. The lowest BCUT2D eigenvalue weighted by atomic mass is 10.3. The number of halogens is 2. The summed E-state index contributed by atoms with van der Waals surface area (Å²) in [5.41, 5.74) is 0.605. The molecule has 0 aliphatic carbocycles. The molecular weight excluding hydrogens is 440 g/mol. The minimum absolute atomic E-state index is 0.0734. The molecule has 0 saturated carbocycles. The number of methoxy groups -OCH3 is 1. The third-order valence-electron chi connectivity index (χ3n) is 3.10. The number of phenolic OH excluding ortho intramolecular Hbond substituents is 1. The molecule has 0 atom stereocenters. The zero-order valence-electron chi connectivity index (χ0n) is 12.1. The molecule has 0 amide bonds. The van der Waals surface area contributed by atoms with Crippen molar-refractivity contribution in [3.63, 3.8) is 0 Å². The van der Waals surface area contributed by atoms with Gasteiger partial charge in [0, 0.05) is 4.47 Å². The van der Waals surface area contributed by atoms with Gasteiger partial charge in [0.05, 0.1) is 22.3 Å². The van der Waals surface area contributed by atoms with E-state index in [1.807, 2.05) is 0 Å². The molecule has 0 unspecified atom stereocenters. The number of phenols is 1. The smallest absolute Gasteiger partial charge is 0.267 e. The van der Waals surface area contributed by atoms with Crippen molar-refractivity contribution in [2.75, 3.05) is 11.8 Å². The molecule has 0 aliphatic heterocycles. The second-order valence-corrected chi connectivity index (χ2v) is 8.64. The molecule has 0 radical (unpaired) electrons. The van der Waals surface area contributed by atoms with Crippen LogP contribution in [-0.2, 0) is 10.0 Å². The SMILES string of the molecule is COc1cccc2nc(NS(=O)(=O)c3cc(Br)cc(Cl)c3O)sc12. The Bertz CT molecular complexity index is 1040. The lowest BCUT2D eigenvalue weighted by Crippen LogP contribution is -2.13. The van der Waals surface area contributed by atoms with E-state index >= 15 is 0 Å². The van der Waals surface area contributed by atoms with Gasteiger partial charge in [0.25, 0.3) is 10.0 Å². The van der Waals surface area contributed by atoms with Gasteiger partial charge < -0.3 is 9.84 Å². The minimum atomic E-state index is -4.06. The first kappa shape index (κ1) is 17.3. The Labute approximate surface area is 155 Å². The van der Waals surface area contributed by atoms with Crippen LogP contribution in [0.15, 0.2) is 39.7 Å². The number of hydrogen-bond donors (Lipinski definition) is 2. The van der Waals surface area contributed by atoms with Crippen LogP contribution >= 0.6 is 38.9 Å². The van der Waals surface area contributed by atoms with Gasteiger partial charge in [-0.25, -0.2) is 13.4 Å². The van der Waals surface area contributed by atoms with E-state index in [9.17, 15) is 13.5 Å². The van der Waals surface area contributed by atoms with Crippen LogP contribution in [0.1, 0.15) is 0 Å². The molecule has 6 nitrogen and oxygen atoms in total. The molecule has 1 aromatic heterocycles. The monoisotopic (exact) mass is 448 g/mol. The zero-order chi connectivity index (χ0) is 17.5. The summed E-state index contributed by atoms with van der Waals surface area (Å²) in [5, 5.41) is 10.0. The van der Waals surface area contributed by atoms with Crippen LogP contribution in [0, 0.1) is 0 Å². The lowest BCUT2D eigenvalue weighted by Gasteiger charge is -2.09. The van der Waals surface area contributed by atoms with Crippen molar-refractivity contribution in [1.82, 2.24) is 4.98 Å². The predicted molar refractivity (Wildman–Crippen MR) is 97.8 cm³/mol. The van der Waals surface area contributed by atoms with Crippen LogP contribution in [-0.4, -0.2) is 25.6 Å². The summed E-state index contributed by atoms with van der Waals surface area (Å²) in [5.74, 6) is 0.0786. The number of nitrogens with zero attached hydrogens (tertiary/aromatic N) is 1. The summed E-state index contributed by atoms with van der Waals surface area (Å²) >= 11 is 10.1. The fourth-order valence-corrected chi connectivity index (χ4v) is 5.40. The Morgan fingerprint density at radius 3 is 2.83 bits per heavy atom. The molecule has 3 aromatic rings. The molecule has 10 heteroatoms. The number of nitrogens with one attached hydrogen (secondary N) is 1. The van der Waals surface area contributed by atoms with E-state index in [-0.39, 0.29) is 15.0 Å². The van der Waals surface area contributed by atoms with Gasteiger partial charge in [-0.3, -0.25) is 4.72 Å². The maximum absolute atomic E-state index is 12.5. The maximum Gasteiger partial charge on any atom is 0.267 e. The van der Waals surface area contributed by atoms with Crippen molar-refractivity contribution >= 4 is 64.2 Å². The van der Waals surface area contributed by atoms with E-state index in [4.69, 9.17) is 16.3 Å². The number of rotatable bonds is 4. The molecule has 0 fully saturated rings. The van der Waals surface area contributed by atoms with Gasteiger partial charge in [0.2, 0.25) is 0 Å². The average Bonchev–Trinajstić information content (AvgIpc) is 2.91. The van der Waals surface area contributed by atoms with Crippen LogP contribution in [0.3, 0.4) is 0 Å². The number of benzene rings is 2. The fraction of sp³-hybridized carbons (Fsp3) is 0.0714. The largest absolute Gasteiger partial charge is 0.505 e. The van der Waals surface area contributed by atoms with E-state index < -0.39 is 15.8 Å². The summed E-state index contributed by atoms with van der Waals surface area (Å²) in [6.45, 7) is 0. The average molecular weight is 450 g/mol. The standard InChI is InChI=1S/C14H10BrClN2O4S2/c1-22-10-4-2-3-9-13(10)23-14(17-9)18-24(20,21)11-6-7(15)5-8(16)12(11)19/h2-6,19H,1H3,(H,17,18). The van der Waals surface area contributed by atoms with Gasteiger partial charge in [0.1, 0.15) is 10.6 Å². The van der Waals surface area contributed by atoms with Crippen LogP contribution in [0.2, 0.25) is 5.02 Å². The highest BCUT2D eigenvalue weighted by atomic mass is 79.9. The Morgan fingerprint density at radius 1 is 1.38 bits per heavy atom. The summed E-state index contributed by atoms with van der Waals surface area (Å²) in [4.78, 5) is 3.89. The highest BCUT2D eigenvalue weighted by molar-refractivity contribution is 9.10. The van der Waals surface area contributed by atoms with Crippen LogP contribution in [0.4, 0.5) is 5.13 Å². The molecule has 24 heavy (non-hydrogen) atoms. The molecular formula is C14H10BrClN2O4S2. The Hall–Kier alpha value is -1.55. The molecule has 1 heterocycles. The first-order valence-electron chi connectivity index (χ1n) is 6.46. The summed E-state index contributed by atoms with van der Waals surface area (Å²) in [6.07, 6.45) is 0. The lowest BCUT2D eigenvalue weighted by molar-refractivity contribution is 0.420. The number of thiazole rings is 1. The van der Waals surface area contributed by atoms with Crippen molar-refractivity contribution in [3.8, 4) is 11.5 Å². The Morgan fingerprint density at radius 2 is 2.12 bits per heavy atom. The quantitative estimate of drug-likeness (QED) is 0.622. The van der Waals surface area contributed by atoms with Gasteiger partial charge in [-0.1, -0.05) is 44.9 Å². The molecule has 2 N–H and O–H groups in total. The third-order valence-corrected chi connectivity index (χ3v) is 6.33. The summed E-state index contributed by atoms with van der Waals surface area (Å²) < 4.78 is 33.8. The molecule has 2 aromatic carbocycles. The molecule has 0 aliphatic rings. The van der Waals surface area contributed by atoms with E-state index in [2.05, 4.69) is 25.6 Å². The minimum Gasteiger partial charge on any atom is -0.505 e. The highest BCUT2D eigenvalue weighted by Gasteiger charge is 2.23. The number of aromatic hydroxyl groups is 1. The first-order chi connectivity index (χ1) is 11.3. The summed E-state index contributed by atoms with van der Waals surface area (Å²) in [6, 6.07) is 7.94. The molecule has 0 spiro atoms. The maximum atomic E-state index is 12.5. The Kier molecular flexibility index (Phi) is 4.60. The molecule has 0 saturated heterocycles. The van der Waals surface area contributed by atoms with E-state index in [0.29, 0.717) is 20.4 Å². The number of aromatic nitrogens is 1. The number of hydrogen-bond acceptors (Lipinski definition) is 6.